The Kier molecular flexibility index (Phi) is 5.45. The van der Waals surface area contributed by atoms with Crippen molar-refractivity contribution in [3.63, 3.8) is 0 Å². The summed E-state index contributed by atoms with van der Waals surface area (Å²) in [4.78, 5) is 10.6. The van der Waals surface area contributed by atoms with Crippen molar-refractivity contribution in [2.75, 3.05) is 11.8 Å². The van der Waals surface area contributed by atoms with Gasteiger partial charge in [-0.3, -0.25) is 9.52 Å². The van der Waals surface area contributed by atoms with E-state index in [0.29, 0.717) is 5.56 Å². The molecule has 0 aliphatic rings. The van der Waals surface area contributed by atoms with E-state index in [1.54, 1.807) is 0 Å². The van der Waals surface area contributed by atoms with E-state index in [1.807, 2.05) is 0 Å². The van der Waals surface area contributed by atoms with E-state index in [-0.39, 0.29) is 27.2 Å². The Hall–Kier alpha value is -2.13. The SMILES string of the molecule is COc1ccc(CC(=O)O)cc1S(=O)(=O)Nc1ccc(F)cc1Br. The standard InChI is InChI=1S/C15H13BrFNO5S/c1-23-13-5-2-9(7-15(19)20)6-14(13)24(21,22)18-12-4-3-10(17)8-11(12)16/h2-6,8,18H,7H2,1H3,(H,19,20). The van der Waals surface area contributed by atoms with Crippen molar-refractivity contribution in [2.24, 2.45) is 0 Å². The van der Waals surface area contributed by atoms with Crippen LogP contribution in [0.25, 0.3) is 0 Å². The van der Waals surface area contributed by atoms with Gasteiger partial charge in [0.15, 0.2) is 0 Å². The Balaban J connectivity index is 2.45. The quantitative estimate of drug-likeness (QED) is 0.753. The fourth-order valence-electron chi connectivity index (χ4n) is 1.99. The summed E-state index contributed by atoms with van der Waals surface area (Å²) < 4.78 is 45.9. The van der Waals surface area contributed by atoms with Gasteiger partial charge in [-0.1, -0.05) is 6.07 Å². The van der Waals surface area contributed by atoms with Gasteiger partial charge in [-0.15, -0.1) is 0 Å². The normalized spacial score (nSPS) is 11.1. The number of carboxylic acids is 1. The van der Waals surface area contributed by atoms with Crippen LogP contribution in [0.1, 0.15) is 5.56 Å². The highest BCUT2D eigenvalue weighted by molar-refractivity contribution is 9.10. The molecule has 0 saturated carbocycles. The van der Waals surface area contributed by atoms with Gasteiger partial charge in [0.2, 0.25) is 0 Å². The summed E-state index contributed by atoms with van der Waals surface area (Å²) >= 11 is 3.08. The van der Waals surface area contributed by atoms with Gasteiger partial charge in [-0.2, -0.15) is 0 Å². The molecule has 24 heavy (non-hydrogen) atoms. The van der Waals surface area contributed by atoms with Crippen molar-refractivity contribution in [1.82, 2.24) is 0 Å². The molecule has 0 aliphatic heterocycles. The number of anilines is 1. The van der Waals surface area contributed by atoms with E-state index < -0.39 is 21.8 Å². The molecule has 2 aromatic carbocycles. The summed E-state index contributed by atoms with van der Waals surface area (Å²) in [6, 6.07) is 7.58. The molecule has 0 amide bonds. The first kappa shape index (κ1) is 18.2. The van der Waals surface area contributed by atoms with Gasteiger partial charge in [0.1, 0.15) is 16.5 Å². The van der Waals surface area contributed by atoms with Crippen molar-refractivity contribution in [1.29, 1.82) is 0 Å². The second kappa shape index (κ2) is 7.18. The Labute approximate surface area is 146 Å². The molecule has 0 fully saturated rings. The van der Waals surface area contributed by atoms with Crippen molar-refractivity contribution in [3.8, 4) is 5.75 Å². The molecule has 0 aromatic heterocycles. The monoisotopic (exact) mass is 417 g/mol. The minimum atomic E-state index is -4.07. The van der Waals surface area contributed by atoms with E-state index in [4.69, 9.17) is 9.84 Å². The lowest BCUT2D eigenvalue weighted by Crippen LogP contribution is -2.15. The predicted molar refractivity (Wildman–Crippen MR) is 89.2 cm³/mol. The Morgan fingerprint density at radius 3 is 2.58 bits per heavy atom. The molecule has 128 valence electrons. The van der Waals surface area contributed by atoms with Gasteiger partial charge in [-0.05, 0) is 51.8 Å². The number of benzene rings is 2. The van der Waals surface area contributed by atoms with Crippen molar-refractivity contribution >= 4 is 37.6 Å². The zero-order valence-electron chi connectivity index (χ0n) is 12.4. The lowest BCUT2D eigenvalue weighted by Gasteiger charge is -2.13. The van der Waals surface area contributed by atoms with E-state index in [1.165, 1.54) is 31.4 Å². The summed E-state index contributed by atoms with van der Waals surface area (Å²) in [5.74, 6) is -1.54. The van der Waals surface area contributed by atoms with E-state index in [2.05, 4.69) is 20.7 Å². The predicted octanol–water partition coefficient (Wildman–Crippen LogP) is 3.02. The van der Waals surface area contributed by atoms with Crippen LogP contribution in [0.2, 0.25) is 0 Å². The van der Waals surface area contributed by atoms with E-state index in [9.17, 15) is 17.6 Å². The number of methoxy groups -OCH3 is 1. The zero-order valence-corrected chi connectivity index (χ0v) is 14.8. The van der Waals surface area contributed by atoms with Crippen LogP contribution in [0, 0.1) is 5.82 Å². The first-order chi connectivity index (χ1) is 11.2. The summed E-state index contributed by atoms with van der Waals surface area (Å²) in [6.45, 7) is 0. The molecule has 0 unspecified atom stereocenters. The van der Waals surface area contributed by atoms with Crippen LogP contribution in [0.4, 0.5) is 10.1 Å². The topological polar surface area (TPSA) is 92.7 Å². The Morgan fingerprint density at radius 1 is 1.29 bits per heavy atom. The molecule has 2 aromatic rings. The van der Waals surface area contributed by atoms with Crippen LogP contribution in [-0.4, -0.2) is 26.6 Å². The molecule has 9 heteroatoms. The maximum Gasteiger partial charge on any atom is 0.307 e. The zero-order chi connectivity index (χ0) is 17.9. The number of ether oxygens (including phenoxy) is 1. The maximum atomic E-state index is 13.1. The molecule has 0 radical (unpaired) electrons. The summed E-state index contributed by atoms with van der Waals surface area (Å²) in [5.41, 5.74) is 0.448. The average molecular weight is 418 g/mol. The summed E-state index contributed by atoms with van der Waals surface area (Å²) in [5, 5.41) is 8.85. The number of hydrogen-bond donors (Lipinski definition) is 2. The second-order valence-corrected chi connectivity index (χ2v) is 7.29. The fraction of sp³-hybridized carbons (Fsp3) is 0.133. The van der Waals surface area contributed by atoms with E-state index in [0.717, 1.165) is 12.1 Å². The molecule has 0 aliphatic carbocycles. The Bertz CT molecular complexity index is 885. The molecule has 0 saturated heterocycles. The van der Waals surface area contributed by atoms with Crippen LogP contribution in [0.3, 0.4) is 0 Å². The summed E-state index contributed by atoms with van der Waals surface area (Å²) in [6.07, 6.45) is -0.327. The molecule has 0 spiro atoms. The highest BCUT2D eigenvalue weighted by Crippen LogP contribution is 2.30. The Morgan fingerprint density at radius 2 is 2.00 bits per heavy atom. The number of aliphatic carboxylic acids is 1. The molecule has 2 rings (SSSR count). The lowest BCUT2D eigenvalue weighted by molar-refractivity contribution is -0.136. The van der Waals surface area contributed by atoms with Crippen molar-refractivity contribution in [3.05, 3.63) is 52.3 Å². The first-order valence-corrected chi connectivity index (χ1v) is 8.87. The second-order valence-electron chi connectivity index (χ2n) is 4.79. The minimum absolute atomic E-state index is 0.0647. The van der Waals surface area contributed by atoms with Crippen LogP contribution in [0.5, 0.6) is 5.75 Å². The van der Waals surface area contributed by atoms with Crippen LogP contribution in [0.15, 0.2) is 45.8 Å². The van der Waals surface area contributed by atoms with E-state index >= 15 is 0 Å². The number of nitrogens with one attached hydrogen (secondary N) is 1. The third-order valence-electron chi connectivity index (χ3n) is 3.05. The number of carbonyl (C=O) groups is 1. The van der Waals surface area contributed by atoms with Crippen LogP contribution in [-0.2, 0) is 21.2 Å². The number of carboxylic acid groups (broad SMARTS) is 1. The number of sulfonamides is 1. The van der Waals surface area contributed by atoms with Crippen LogP contribution < -0.4 is 9.46 Å². The number of halogens is 2. The highest BCUT2D eigenvalue weighted by Gasteiger charge is 2.22. The van der Waals surface area contributed by atoms with Gasteiger partial charge in [-0.25, -0.2) is 12.8 Å². The lowest BCUT2D eigenvalue weighted by atomic mass is 10.1. The van der Waals surface area contributed by atoms with Gasteiger partial charge in [0.25, 0.3) is 10.0 Å². The third-order valence-corrected chi connectivity index (χ3v) is 5.09. The minimum Gasteiger partial charge on any atom is -0.495 e. The summed E-state index contributed by atoms with van der Waals surface area (Å²) in [7, 11) is -2.77. The molecule has 0 bridgehead atoms. The number of hydrogen-bond acceptors (Lipinski definition) is 4. The van der Waals surface area contributed by atoms with Gasteiger partial charge >= 0.3 is 5.97 Å². The molecular weight excluding hydrogens is 405 g/mol. The molecule has 6 nitrogen and oxygen atoms in total. The highest BCUT2D eigenvalue weighted by atomic mass is 79.9. The van der Waals surface area contributed by atoms with Crippen LogP contribution >= 0.6 is 15.9 Å². The maximum absolute atomic E-state index is 13.1. The average Bonchev–Trinajstić information content (AvgIpc) is 2.49. The van der Waals surface area contributed by atoms with Crippen molar-refractivity contribution < 1.29 is 27.4 Å². The fourth-order valence-corrected chi connectivity index (χ4v) is 3.87. The smallest absolute Gasteiger partial charge is 0.307 e. The van der Waals surface area contributed by atoms with Gasteiger partial charge in [0.05, 0.1) is 19.2 Å². The first-order valence-electron chi connectivity index (χ1n) is 6.59. The number of rotatable bonds is 6. The van der Waals surface area contributed by atoms with Gasteiger partial charge < -0.3 is 9.84 Å². The third kappa shape index (κ3) is 4.24. The van der Waals surface area contributed by atoms with Gasteiger partial charge in [0, 0.05) is 4.47 Å². The molecule has 2 N–H and O–H groups in total. The molecule has 0 heterocycles. The molecule has 0 atom stereocenters. The molecular formula is C15H13BrFNO5S. The van der Waals surface area contributed by atoms with Crippen molar-refractivity contribution in [2.45, 2.75) is 11.3 Å². The largest absolute Gasteiger partial charge is 0.495 e.